The van der Waals surface area contributed by atoms with Crippen LogP contribution < -0.4 is 5.32 Å². The van der Waals surface area contributed by atoms with Gasteiger partial charge < -0.3 is 5.32 Å². The zero-order valence-electron chi connectivity index (χ0n) is 13.8. The summed E-state index contributed by atoms with van der Waals surface area (Å²) in [5.41, 5.74) is 6.28. The molecule has 1 aliphatic rings. The summed E-state index contributed by atoms with van der Waals surface area (Å²) in [6, 6.07) is 5.47. The van der Waals surface area contributed by atoms with Crippen LogP contribution in [0.2, 0.25) is 0 Å². The lowest BCUT2D eigenvalue weighted by Gasteiger charge is -2.28. The molecular weight excluding hydrogens is 242 g/mol. The molecule has 1 atom stereocenters. The van der Waals surface area contributed by atoms with E-state index in [0.29, 0.717) is 6.04 Å². The van der Waals surface area contributed by atoms with E-state index in [2.05, 4.69) is 45.3 Å². The Morgan fingerprint density at radius 1 is 1.00 bits per heavy atom. The molecule has 0 spiro atoms. The van der Waals surface area contributed by atoms with Crippen molar-refractivity contribution in [1.29, 1.82) is 0 Å². The molecule has 1 saturated carbocycles. The SMILES string of the molecule is CCc1cc(CC)c(C(NC)C2CCCC2)c(CC)c1. The summed E-state index contributed by atoms with van der Waals surface area (Å²) in [6.45, 7) is 6.87. The average Bonchev–Trinajstić information content (AvgIpc) is 3.01. The highest BCUT2D eigenvalue weighted by Gasteiger charge is 2.28. The Balaban J connectivity index is 2.45. The Labute approximate surface area is 125 Å². The van der Waals surface area contributed by atoms with Gasteiger partial charge in [-0.25, -0.2) is 0 Å². The molecule has 1 unspecified atom stereocenters. The van der Waals surface area contributed by atoms with Gasteiger partial charge in [-0.15, -0.1) is 0 Å². The largest absolute Gasteiger partial charge is 0.313 e. The minimum Gasteiger partial charge on any atom is -0.313 e. The molecule has 20 heavy (non-hydrogen) atoms. The predicted molar refractivity (Wildman–Crippen MR) is 88.3 cm³/mol. The fourth-order valence-electron chi connectivity index (χ4n) is 3.95. The summed E-state index contributed by atoms with van der Waals surface area (Å²) >= 11 is 0. The standard InChI is InChI=1S/C19H31N/c1-5-14-12-15(6-2)18(16(7-3)13-14)19(20-4)17-10-8-9-11-17/h12-13,17,19-20H,5-11H2,1-4H3. The van der Waals surface area contributed by atoms with Gasteiger partial charge in [0.05, 0.1) is 0 Å². The molecular formula is C19H31N. The highest BCUT2D eigenvalue weighted by atomic mass is 14.9. The molecule has 2 rings (SSSR count). The van der Waals surface area contributed by atoms with Gasteiger partial charge in [0.15, 0.2) is 0 Å². The summed E-state index contributed by atoms with van der Waals surface area (Å²) in [7, 11) is 2.15. The van der Waals surface area contributed by atoms with Gasteiger partial charge >= 0.3 is 0 Å². The minimum atomic E-state index is 0.563. The van der Waals surface area contributed by atoms with Gasteiger partial charge in [-0.05, 0) is 67.3 Å². The molecule has 112 valence electrons. The Kier molecular flexibility index (Phi) is 5.65. The lowest BCUT2D eigenvalue weighted by molar-refractivity contribution is 0.386. The topological polar surface area (TPSA) is 12.0 Å². The van der Waals surface area contributed by atoms with Gasteiger partial charge in [0.1, 0.15) is 0 Å². The molecule has 0 heterocycles. The van der Waals surface area contributed by atoms with Crippen LogP contribution in [0.3, 0.4) is 0 Å². The van der Waals surface area contributed by atoms with Crippen molar-refractivity contribution >= 4 is 0 Å². The highest BCUT2D eigenvalue weighted by molar-refractivity contribution is 5.42. The third-order valence-corrected chi connectivity index (χ3v) is 5.07. The molecule has 1 aromatic carbocycles. The van der Waals surface area contributed by atoms with E-state index >= 15 is 0 Å². The Morgan fingerprint density at radius 3 is 1.95 bits per heavy atom. The molecule has 1 fully saturated rings. The number of aryl methyl sites for hydroxylation is 3. The lowest BCUT2D eigenvalue weighted by atomic mass is 9.83. The highest BCUT2D eigenvalue weighted by Crippen LogP contribution is 2.38. The smallest absolute Gasteiger partial charge is 0.0351 e. The van der Waals surface area contributed by atoms with Gasteiger partial charge in [0, 0.05) is 6.04 Å². The zero-order valence-corrected chi connectivity index (χ0v) is 13.8. The summed E-state index contributed by atoms with van der Waals surface area (Å²) in [5.74, 6) is 0.836. The summed E-state index contributed by atoms with van der Waals surface area (Å²) in [5, 5.41) is 3.65. The van der Waals surface area contributed by atoms with Crippen LogP contribution in [0.1, 0.15) is 74.8 Å². The van der Waals surface area contributed by atoms with Gasteiger partial charge in [-0.3, -0.25) is 0 Å². The first-order chi connectivity index (χ1) is 9.74. The predicted octanol–water partition coefficient (Wildman–Crippen LogP) is 4.82. The van der Waals surface area contributed by atoms with Gasteiger partial charge in [-0.1, -0.05) is 45.7 Å². The van der Waals surface area contributed by atoms with Crippen molar-refractivity contribution in [2.24, 2.45) is 5.92 Å². The second kappa shape index (κ2) is 7.26. The lowest BCUT2D eigenvalue weighted by Crippen LogP contribution is -2.26. The van der Waals surface area contributed by atoms with Crippen molar-refractivity contribution in [3.63, 3.8) is 0 Å². The van der Waals surface area contributed by atoms with E-state index in [-0.39, 0.29) is 0 Å². The van der Waals surface area contributed by atoms with Crippen LogP contribution in [-0.4, -0.2) is 7.05 Å². The fourth-order valence-corrected chi connectivity index (χ4v) is 3.95. The van der Waals surface area contributed by atoms with Crippen LogP contribution in [0.25, 0.3) is 0 Å². The molecule has 1 aromatic rings. The van der Waals surface area contributed by atoms with Gasteiger partial charge in [0.2, 0.25) is 0 Å². The first-order valence-corrected chi connectivity index (χ1v) is 8.56. The van der Waals surface area contributed by atoms with Crippen LogP contribution in [0.4, 0.5) is 0 Å². The fraction of sp³-hybridized carbons (Fsp3) is 0.684. The third-order valence-electron chi connectivity index (χ3n) is 5.07. The van der Waals surface area contributed by atoms with Gasteiger partial charge in [0.25, 0.3) is 0 Å². The number of hydrogen-bond acceptors (Lipinski definition) is 1. The molecule has 1 N–H and O–H groups in total. The van der Waals surface area contributed by atoms with Crippen molar-refractivity contribution in [1.82, 2.24) is 5.32 Å². The molecule has 0 bridgehead atoms. The maximum atomic E-state index is 3.65. The quantitative estimate of drug-likeness (QED) is 0.783. The van der Waals surface area contributed by atoms with E-state index < -0.39 is 0 Å². The number of nitrogens with one attached hydrogen (secondary N) is 1. The van der Waals surface area contributed by atoms with E-state index in [1.54, 1.807) is 16.7 Å². The van der Waals surface area contributed by atoms with E-state index in [9.17, 15) is 0 Å². The van der Waals surface area contributed by atoms with E-state index in [1.807, 2.05) is 0 Å². The van der Waals surface area contributed by atoms with Crippen molar-refractivity contribution in [2.75, 3.05) is 7.05 Å². The minimum absolute atomic E-state index is 0.563. The van der Waals surface area contributed by atoms with E-state index in [4.69, 9.17) is 0 Å². The van der Waals surface area contributed by atoms with E-state index in [1.165, 1.54) is 31.2 Å². The molecule has 0 radical (unpaired) electrons. The number of benzene rings is 1. The summed E-state index contributed by atoms with van der Waals surface area (Å²) in [6.07, 6.45) is 9.08. The number of rotatable bonds is 6. The van der Waals surface area contributed by atoms with Crippen LogP contribution >= 0.6 is 0 Å². The van der Waals surface area contributed by atoms with Crippen molar-refractivity contribution < 1.29 is 0 Å². The molecule has 0 aliphatic heterocycles. The maximum Gasteiger partial charge on any atom is 0.0351 e. The van der Waals surface area contributed by atoms with Crippen LogP contribution in [0, 0.1) is 5.92 Å². The Hall–Kier alpha value is -0.820. The number of hydrogen-bond donors (Lipinski definition) is 1. The van der Waals surface area contributed by atoms with Crippen LogP contribution in [0.15, 0.2) is 12.1 Å². The molecule has 0 saturated heterocycles. The molecule has 0 aromatic heterocycles. The summed E-state index contributed by atoms with van der Waals surface area (Å²) < 4.78 is 0. The molecule has 1 nitrogen and oxygen atoms in total. The first-order valence-electron chi connectivity index (χ1n) is 8.56. The van der Waals surface area contributed by atoms with Crippen molar-refractivity contribution in [2.45, 2.75) is 71.8 Å². The van der Waals surface area contributed by atoms with Crippen molar-refractivity contribution in [3.8, 4) is 0 Å². The monoisotopic (exact) mass is 273 g/mol. The first kappa shape index (κ1) is 15.6. The molecule has 1 aliphatic carbocycles. The molecule has 0 amide bonds. The second-order valence-electron chi connectivity index (χ2n) is 6.20. The Bertz CT molecular complexity index is 404. The second-order valence-corrected chi connectivity index (χ2v) is 6.20. The van der Waals surface area contributed by atoms with Gasteiger partial charge in [-0.2, -0.15) is 0 Å². The summed E-state index contributed by atoms with van der Waals surface area (Å²) in [4.78, 5) is 0. The third kappa shape index (κ3) is 3.09. The van der Waals surface area contributed by atoms with Crippen LogP contribution in [-0.2, 0) is 19.3 Å². The average molecular weight is 273 g/mol. The Morgan fingerprint density at radius 2 is 1.55 bits per heavy atom. The van der Waals surface area contributed by atoms with E-state index in [0.717, 1.165) is 25.2 Å². The van der Waals surface area contributed by atoms with Crippen LogP contribution in [0.5, 0.6) is 0 Å². The normalized spacial score (nSPS) is 17.6. The van der Waals surface area contributed by atoms with Crippen molar-refractivity contribution in [3.05, 3.63) is 34.4 Å². The zero-order chi connectivity index (χ0) is 14.5. The molecule has 1 heteroatoms. The maximum absolute atomic E-state index is 3.65.